The molecular weight excluding hydrogens is 385 g/mol. The lowest BCUT2D eigenvalue weighted by Crippen LogP contribution is -2.20. The number of nitrogens with one attached hydrogen (secondary N) is 1. The van der Waals surface area contributed by atoms with Crippen molar-refractivity contribution < 1.29 is 22.6 Å². The number of anilines is 1. The number of aromatic nitrogens is 3. The Morgan fingerprint density at radius 2 is 1.72 bits per heavy atom. The van der Waals surface area contributed by atoms with Crippen LogP contribution in [-0.2, 0) is 6.18 Å². The molecule has 0 saturated carbocycles. The van der Waals surface area contributed by atoms with Gasteiger partial charge in [0.15, 0.2) is 11.5 Å². The molecule has 2 heterocycles. The maximum absolute atomic E-state index is 12.9. The SMILES string of the molecule is COc1ccc(C2=CC(c3ccc(C(F)(F)F)cc3)n3ncnc3N2)cc1OC. The van der Waals surface area contributed by atoms with Crippen molar-refractivity contribution in [1.82, 2.24) is 14.8 Å². The zero-order valence-corrected chi connectivity index (χ0v) is 15.6. The largest absolute Gasteiger partial charge is 0.493 e. The topological polar surface area (TPSA) is 61.2 Å². The van der Waals surface area contributed by atoms with Gasteiger partial charge in [0.1, 0.15) is 12.4 Å². The van der Waals surface area contributed by atoms with Crippen LogP contribution in [0.25, 0.3) is 5.70 Å². The summed E-state index contributed by atoms with van der Waals surface area (Å²) in [5, 5.41) is 7.40. The molecule has 1 N–H and O–H groups in total. The zero-order chi connectivity index (χ0) is 20.6. The molecule has 1 unspecified atom stereocenters. The number of fused-ring (bicyclic) bond motifs is 1. The number of ether oxygens (including phenoxy) is 2. The van der Waals surface area contributed by atoms with E-state index in [4.69, 9.17) is 9.47 Å². The average Bonchev–Trinajstić information content (AvgIpc) is 3.20. The van der Waals surface area contributed by atoms with Crippen LogP contribution in [0.4, 0.5) is 19.1 Å². The molecule has 2 aromatic carbocycles. The third-order valence-corrected chi connectivity index (χ3v) is 4.68. The molecule has 0 aliphatic carbocycles. The van der Waals surface area contributed by atoms with E-state index in [2.05, 4.69) is 15.4 Å². The second-order valence-electron chi connectivity index (χ2n) is 6.37. The quantitative estimate of drug-likeness (QED) is 0.702. The van der Waals surface area contributed by atoms with E-state index < -0.39 is 17.8 Å². The molecule has 0 fully saturated rings. The number of alkyl halides is 3. The molecule has 1 aromatic heterocycles. The highest BCUT2D eigenvalue weighted by Gasteiger charge is 2.31. The molecule has 0 amide bonds. The van der Waals surface area contributed by atoms with E-state index in [9.17, 15) is 13.2 Å². The Labute approximate surface area is 164 Å². The van der Waals surface area contributed by atoms with Gasteiger partial charge in [-0.2, -0.15) is 23.3 Å². The molecule has 0 saturated heterocycles. The lowest BCUT2D eigenvalue weighted by atomic mass is 10.0. The Hall–Kier alpha value is -3.49. The van der Waals surface area contributed by atoms with Gasteiger partial charge in [0.05, 0.1) is 19.8 Å². The predicted molar refractivity (Wildman–Crippen MR) is 101 cm³/mol. The Morgan fingerprint density at radius 3 is 2.38 bits per heavy atom. The minimum absolute atomic E-state index is 0.417. The molecular formula is C20H17F3N4O2. The van der Waals surface area contributed by atoms with Gasteiger partial charge in [-0.3, -0.25) is 0 Å². The molecule has 3 aromatic rings. The second kappa shape index (κ2) is 7.16. The maximum Gasteiger partial charge on any atom is 0.416 e. The molecule has 29 heavy (non-hydrogen) atoms. The van der Waals surface area contributed by atoms with Crippen molar-refractivity contribution in [3.8, 4) is 11.5 Å². The highest BCUT2D eigenvalue weighted by atomic mass is 19.4. The molecule has 4 rings (SSSR count). The van der Waals surface area contributed by atoms with Crippen molar-refractivity contribution in [1.29, 1.82) is 0 Å². The maximum atomic E-state index is 12.9. The first-order valence-electron chi connectivity index (χ1n) is 8.68. The number of benzene rings is 2. The molecule has 0 bridgehead atoms. The highest BCUT2D eigenvalue weighted by Crippen LogP contribution is 2.36. The molecule has 1 atom stereocenters. The zero-order valence-electron chi connectivity index (χ0n) is 15.6. The summed E-state index contributed by atoms with van der Waals surface area (Å²) in [6.07, 6.45) is -1.11. The number of rotatable bonds is 4. The normalized spacial score (nSPS) is 15.9. The summed E-state index contributed by atoms with van der Waals surface area (Å²) >= 11 is 0. The van der Waals surface area contributed by atoms with Crippen LogP contribution < -0.4 is 14.8 Å². The number of allylic oxidation sites excluding steroid dienone is 1. The Bertz CT molecular complexity index is 1060. The van der Waals surface area contributed by atoms with Gasteiger partial charge in [0.2, 0.25) is 5.95 Å². The summed E-state index contributed by atoms with van der Waals surface area (Å²) in [7, 11) is 3.10. The van der Waals surface area contributed by atoms with Crippen LogP contribution in [0.1, 0.15) is 22.7 Å². The summed E-state index contributed by atoms with van der Waals surface area (Å²) in [5.74, 6) is 1.64. The summed E-state index contributed by atoms with van der Waals surface area (Å²) in [6, 6.07) is 10.1. The van der Waals surface area contributed by atoms with Gasteiger partial charge in [-0.25, -0.2) is 4.68 Å². The highest BCUT2D eigenvalue weighted by molar-refractivity contribution is 5.78. The van der Waals surface area contributed by atoms with Gasteiger partial charge in [0, 0.05) is 11.3 Å². The molecule has 150 valence electrons. The number of methoxy groups -OCH3 is 2. The van der Waals surface area contributed by atoms with Crippen LogP contribution in [0.5, 0.6) is 11.5 Å². The molecule has 6 nitrogen and oxygen atoms in total. The smallest absolute Gasteiger partial charge is 0.416 e. The second-order valence-corrected chi connectivity index (χ2v) is 6.37. The summed E-state index contributed by atoms with van der Waals surface area (Å²) < 4.78 is 50.9. The third-order valence-electron chi connectivity index (χ3n) is 4.68. The van der Waals surface area contributed by atoms with Crippen LogP contribution in [0.3, 0.4) is 0 Å². The van der Waals surface area contributed by atoms with Crippen LogP contribution in [0, 0.1) is 0 Å². The fourth-order valence-electron chi connectivity index (χ4n) is 3.21. The first-order valence-corrected chi connectivity index (χ1v) is 8.68. The van der Waals surface area contributed by atoms with E-state index in [1.165, 1.54) is 18.5 Å². The van der Waals surface area contributed by atoms with Crippen molar-refractivity contribution >= 4 is 11.6 Å². The summed E-state index contributed by atoms with van der Waals surface area (Å²) in [6.45, 7) is 0. The van der Waals surface area contributed by atoms with E-state index in [0.717, 1.165) is 23.4 Å². The number of hydrogen-bond donors (Lipinski definition) is 1. The number of nitrogens with zero attached hydrogens (tertiary/aromatic N) is 3. The van der Waals surface area contributed by atoms with Gasteiger partial charge < -0.3 is 14.8 Å². The summed E-state index contributed by atoms with van der Waals surface area (Å²) in [5.41, 5.74) is 1.51. The van der Waals surface area contributed by atoms with Gasteiger partial charge in [-0.15, -0.1) is 0 Å². The van der Waals surface area contributed by atoms with E-state index >= 15 is 0 Å². The van der Waals surface area contributed by atoms with Crippen LogP contribution in [0.2, 0.25) is 0 Å². The van der Waals surface area contributed by atoms with Crippen molar-refractivity contribution in [2.45, 2.75) is 12.2 Å². The van der Waals surface area contributed by atoms with Crippen molar-refractivity contribution in [3.05, 3.63) is 71.6 Å². The molecule has 9 heteroatoms. The van der Waals surface area contributed by atoms with E-state index in [-0.39, 0.29) is 0 Å². The Balaban J connectivity index is 1.75. The fraction of sp³-hybridized carbons (Fsp3) is 0.200. The first kappa shape index (κ1) is 18.9. The number of halogens is 3. The third kappa shape index (κ3) is 3.51. The van der Waals surface area contributed by atoms with Gasteiger partial charge >= 0.3 is 6.18 Å². The van der Waals surface area contributed by atoms with Crippen LogP contribution in [0.15, 0.2) is 54.9 Å². The molecule has 0 spiro atoms. The van der Waals surface area contributed by atoms with Crippen LogP contribution >= 0.6 is 0 Å². The molecule has 1 aliphatic rings. The van der Waals surface area contributed by atoms with Crippen molar-refractivity contribution in [3.63, 3.8) is 0 Å². The van der Waals surface area contributed by atoms with E-state index in [0.29, 0.717) is 23.0 Å². The van der Waals surface area contributed by atoms with Crippen LogP contribution in [-0.4, -0.2) is 29.0 Å². The van der Waals surface area contributed by atoms with Gasteiger partial charge in [-0.05, 0) is 42.0 Å². The predicted octanol–water partition coefficient (Wildman–Crippen LogP) is 4.37. The molecule has 0 radical (unpaired) electrons. The Morgan fingerprint density at radius 1 is 1.00 bits per heavy atom. The fourth-order valence-corrected chi connectivity index (χ4v) is 3.21. The lowest BCUT2D eigenvalue weighted by molar-refractivity contribution is -0.137. The average molecular weight is 402 g/mol. The number of hydrogen-bond acceptors (Lipinski definition) is 5. The monoisotopic (exact) mass is 402 g/mol. The Kier molecular flexibility index (Phi) is 4.65. The standard InChI is InChI=1S/C20H17F3N4O2/c1-28-17-8-5-13(9-18(17)29-2)15-10-16(27-19(26-15)24-11-25-27)12-3-6-14(7-4-12)20(21,22)23/h3-11,16H,1-2H3,(H,24,25,26). The lowest BCUT2D eigenvalue weighted by Gasteiger charge is -2.25. The minimum Gasteiger partial charge on any atom is -0.493 e. The van der Waals surface area contributed by atoms with E-state index in [1.807, 2.05) is 18.2 Å². The van der Waals surface area contributed by atoms with Crippen molar-refractivity contribution in [2.75, 3.05) is 19.5 Å². The van der Waals surface area contributed by atoms with Crippen molar-refractivity contribution in [2.24, 2.45) is 0 Å². The molecule has 1 aliphatic heterocycles. The summed E-state index contributed by atoms with van der Waals surface area (Å²) in [4.78, 5) is 4.21. The van der Waals surface area contributed by atoms with Gasteiger partial charge in [0.25, 0.3) is 0 Å². The minimum atomic E-state index is -4.38. The van der Waals surface area contributed by atoms with Gasteiger partial charge in [-0.1, -0.05) is 12.1 Å². The first-order chi connectivity index (χ1) is 13.9. The van der Waals surface area contributed by atoms with E-state index in [1.54, 1.807) is 25.0 Å².